The van der Waals surface area contributed by atoms with Crippen LogP contribution in [0.4, 0.5) is 0 Å². The lowest BCUT2D eigenvalue weighted by atomic mass is 9.94. The quantitative estimate of drug-likeness (QED) is 0.417. The van der Waals surface area contributed by atoms with E-state index in [1.165, 1.54) is 0 Å². The van der Waals surface area contributed by atoms with Gasteiger partial charge >= 0.3 is 0 Å². The summed E-state index contributed by atoms with van der Waals surface area (Å²) in [6.07, 6.45) is 3.35. The molecule has 1 aliphatic carbocycles. The molecule has 0 aromatic heterocycles. The van der Waals surface area contributed by atoms with Crippen molar-refractivity contribution in [3.05, 3.63) is 59.7 Å². The first kappa shape index (κ1) is 30.9. The Labute approximate surface area is 247 Å². The molecular formula is C32H42N4O6. The van der Waals surface area contributed by atoms with Crippen molar-refractivity contribution in [2.75, 3.05) is 20.3 Å². The lowest BCUT2D eigenvalue weighted by Gasteiger charge is -2.32. The summed E-state index contributed by atoms with van der Waals surface area (Å²) in [5.41, 5.74) is 0.262. The zero-order valence-electron chi connectivity index (χ0n) is 24.7. The minimum absolute atomic E-state index is 0.0327. The fourth-order valence-electron chi connectivity index (χ4n) is 5.45. The van der Waals surface area contributed by atoms with Crippen LogP contribution < -0.4 is 30.7 Å². The van der Waals surface area contributed by atoms with Crippen LogP contribution in [0.1, 0.15) is 68.3 Å². The smallest absolute Gasteiger partial charge is 0.255 e. The van der Waals surface area contributed by atoms with E-state index in [1.54, 1.807) is 31.4 Å². The van der Waals surface area contributed by atoms with E-state index in [-0.39, 0.29) is 48.8 Å². The van der Waals surface area contributed by atoms with Gasteiger partial charge in [-0.3, -0.25) is 19.2 Å². The number of nitrogens with one attached hydrogen (secondary N) is 4. The summed E-state index contributed by atoms with van der Waals surface area (Å²) in [5.74, 6) is -0.297. The summed E-state index contributed by atoms with van der Waals surface area (Å²) < 4.78 is 11.4. The van der Waals surface area contributed by atoms with Crippen LogP contribution in [0.5, 0.6) is 11.5 Å². The van der Waals surface area contributed by atoms with Gasteiger partial charge in [0.15, 0.2) is 0 Å². The molecule has 42 heavy (non-hydrogen) atoms. The Morgan fingerprint density at radius 3 is 2.57 bits per heavy atom. The van der Waals surface area contributed by atoms with E-state index >= 15 is 0 Å². The van der Waals surface area contributed by atoms with E-state index in [1.807, 2.05) is 38.1 Å². The Balaban J connectivity index is 1.55. The summed E-state index contributed by atoms with van der Waals surface area (Å²) in [5, 5.41) is 11.8. The largest absolute Gasteiger partial charge is 0.497 e. The molecule has 1 spiro atoms. The second-order valence-electron chi connectivity index (χ2n) is 11.4. The first-order valence-electron chi connectivity index (χ1n) is 14.8. The summed E-state index contributed by atoms with van der Waals surface area (Å²) in [6, 6.07) is 13.1. The zero-order chi connectivity index (χ0) is 30.1. The van der Waals surface area contributed by atoms with Crippen LogP contribution in [0, 0.1) is 5.92 Å². The monoisotopic (exact) mass is 578 g/mol. The zero-order valence-corrected chi connectivity index (χ0v) is 24.7. The summed E-state index contributed by atoms with van der Waals surface area (Å²) in [7, 11) is 1.60. The van der Waals surface area contributed by atoms with Gasteiger partial charge in [-0.25, -0.2) is 0 Å². The molecule has 2 aromatic carbocycles. The average Bonchev–Trinajstić information content (AvgIpc) is 3.46. The topological polar surface area (TPSA) is 135 Å². The van der Waals surface area contributed by atoms with Gasteiger partial charge in [0.05, 0.1) is 18.7 Å². The van der Waals surface area contributed by atoms with Gasteiger partial charge in [0.1, 0.15) is 29.7 Å². The maximum Gasteiger partial charge on any atom is 0.255 e. The maximum absolute atomic E-state index is 13.6. The van der Waals surface area contributed by atoms with Crippen LogP contribution in [-0.2, 0) is 20.8 Å². The summed E-state index contributed by atoms with van der Waals surface area (Å²) in [4.78, 5) is 53.5. The molecule has 0 bridgehead atoms. The maximum atomic E-state index is 13.6. The molecule has 1 heterocycles. The van der Waals surface area contributed by atoms with Crippen molar-refractivity contribution in [2.24, 2.45) is 5.92 Å². The molecule has 2 aromatic rings. The van der Waals surface area contributed by atoms with Crippen molar-refractivity contribution in [2.45, 2.75) is 76.4 Å². The average molecular weight is 579 g/mol. The summed E-state index contributed by atoms with van der Waals surface area (Å²) in [6.45, 7) is 4.45. The molecule has 0 saturated heterocycles. The van der Waals surface area contributed by atoms with Gasteiger partial charge in [-0.15, -0.1) is 0 Å². The number of methoxy groups -OCH3 is 1. The first-order chi connectivity index (χ1) is 20.2. The Bertz CT molecular complexity index is 1270. The van der Waals surface area contributed by atoms with Crippen LogP contribution in [0.15, 0.2) is 48.5 Å². The number of rotatable bonds is 6. The van der Waals surface area contributed by atoms with E-state index in [4.69, 9.17) is 9.47 Å². The molecule has 0 unspecified atom stereocenters. The van der Waals surface area contributed by atoms with Crippen molar-refractivity contribution >= 4 is 23.6 Å². The third-order valence-electron chi connectivity index (χ3n) is 8.07. The molecule has 4 rings (SSSR count). The number of para-hydroxylation sites is 1. The predicted molar refractivity (Wildman–Crippen MR) is 158 cm³/mol. The molecule has 226 valence electrons. The van der Waals surface area contributed by atoms with Gasteiger partial charge < -0.3 is 30.7 Å². The lowest BCUT2D eigenvalue weighted by molar-refractivity contribution is -0.134. The number of carbonyl (C=O) groups excluding carboxylic acids is 4. The number of fused-ring (bicyclic) bond motifs is 1. The molecule has 0 radical (unpaired) electrons. The summed E-state index contributed by atoms with van der Waals surface area (Å²) >= 11 is 0. The van der Waals surface area contributed by atoms with Gasteiger partial charge in [0, 0.05) is 13.0 Å². The highest BCUT2D eigenvalue weighted by Gasteiger charge is 2.43. The van der Waals surface area contributed by atoms with E-state index in [9.17, 15) is 19.2 Å². The van der Waals surface area contributed by atoms with Crippen LogP contribution in [0.25, 0.3) is 0 Å². The second kappa shape index (κ2) is 14.2. The minimum Gasteiger partial charge on any atom is -0.497 e. The SMILES string of the molecule is COc1cccc(CCNC(=O)[C@@H]2CCC(=O)NC3(CCCC3)C(=O)N[C@H](C(C)C)COc3ccccc3C(=O)N2)c1. The minimum atomic E-state index is -1.000. The van der Waals surface area contributed by atoms with E-state index in [2.05, 4.69) is 21.3 Å². The molecule has 10 heteroatoms. The molecule has 1 aliphatic heterocycles. The molecule has 2 atom stereocenters. The lowest BCUT2D eigenvalue weighted by Crippen LogP contribution is -2.60. The first-order valence-corrected chi connectivity index (χ1v) is 14.8. The van der Waals surface area contributed by atoms with Crippen molar-refractivity contribution in [1.82, 2.24) is 21.3 Å². The third-order valence-corrected chi connectivity index (χ3v) is 8.07. The molecule has 1 saturated carbocycles. The predicted octanol–water partition coefficient (Wildman–Crippen LogP) is 2.89. The van der Waals surface area contributed by atoms with Gasteiger partial charge in [-0.05, 0) is 61.4 Å². The molecule has 1 fully saturated rings. The molecular weight excluding hydrogens is 536 g/mol. The van der Waals surface area contributed by atoms with Crippen LogP contribution in [0.3, 0.4) is 0 Å². The van der Waals surface area contributed by atoms with Crippen LogP contribution in [-0.4, -0.2) is 61.5 Å². The normalized spacial score (nSPS) is 21.2. The Morgan fingerprint density at radius 2 is 1.83 bits per heavy atom. The van der Waals surface area contributed by atoms with Crippen molar-refractivity contribution in [1.29, 1.82) is 0 Å². The van der Waals surface area contributed by atoms with E-state index in [0.717, 1.165) is 24.2 Å². The molecule has 4 amide bonds. The van der Waals surface area contributed by atoms with Crippen molar-refractivity contribution in [3.63, 3.8) is 0 Å². The Kier molecular flexibility index (Phi) is 10.4. The van der Waals surface area contributed by atoms with E-state index in [0.29, 0.717) is 31.6 Å². The van der Waals surface area contributed by atoms with Crippen molar-refractivity contribution < 1.29 is 28.7 Å². The third kappa shape index (κ3) is 7.80. The van der Waals surface area contributed by atoms with Gasteiger partial charge in [0.2, 0.25) is 17.7 Å². The fourth-order valence-corrected chi connectivity index (χ4v) is 5.45. The van der Waals surface area contributed by atoms with Gasteiger partial charge in [0.25, 0.3) is 5.91 Å². The second-order valence-corrected chi connectivity index (χ2v) is 11.4. The number of carbonyl (C=O) groups is 4. The van der Waals surface area contributed by atoms with Gasteiger partial charge in [-0.1, -0.05) is 51.0 Å². The standard InChI is InChI=1S/C32H42N4O6/c1-21(2)26-20-42-27-12-5-4-11-24(27)29(38)34-25(30(39)33-18-15-22-9-8-10-23(19-22)41-3)13-14-28(37)36-32(31(40)35-26)16-6-7-17-32/h4-5,8-12,19,21,25-26H,6-7,13-18,20H2,1-3H3,(H,33,39)(H,34,38)(H,35,40)(H,36,37)/t25-,26-/m0/s1. The highest BCUT2D eigenvalue weighted by molar-refractivity contribution is 6.00. The Morgan fingerprint density at radius 1 is 1.07 bits per heavy atom. The fraction of sp³-hybridized carbons (Fsp3) is 0.500. The number of hydrogen-bond donors (Lipinski definition) is 4. The number of amides is 4. The number of ether oxygens (including phenoxy) is 2. The highest BCUT2D eigenvalue weighted by Crippen LogP contribution is 2.31. The number of benzene rings is 2. The van der Waals surface area contributed by atoms with Gasteiger partial charge in [-0.2, -0.15) is 0 Å². The molecule has 2 aliphatic rings. The number of hydrogen-bond acceptors (Lipinski definition) is 6. The van der Waals surface area contributed by atoms with Crippen LogP contribution >= 0.6 is 0 Å². The molecule has 10 nitrogen and oxygen atoms in total. The van der Waals surface area contributed by atoms with Crippen molar-refractivity contribution in [3.8, 4) is 11.5 Å². The Hall–Kier alpha value is -4.08. The molecule has 4 N–H and O–H groups in total. The van der Waals surface area contributed by atoms with E-state index < -0.39 is 23.4 Å². The van der Waals surface area contributed by atoms with Crippen LogP contribution in [0.2, 0.25) is 0 Å². The highest BCUT2D eigenvalue weighted by atomic mass is 16.5.